The second-order valence-corrected chi connectivity index (χ2v) is 10.6. The van der Waals surface area contributed by atoms with Gasteiger partial charge in [0.1, 0.15) is 6.10 Å². The van der Waals surface area contributed by atoms with Crippen molar-refractivity contribution in [3.63, 3.8) is 0 Å². The number of sulfone groups is 1. The Bertz CT molecular complexity index is 986. The zero-order valence-electron chi connectivity index (χ0n) is 16.9. The molecule has 3 rings (SSSR count). The van der Waals surface area contributed by atoms with E-state index < -0.39 is 32.8 Å². The number of carbonyl (C=O) groups is 2. The third-order valence-corrected chi connectivity index (χ3v) is 7.83. The smallest absolute Gasteiger partial charge is 0.414 e. The molecule has 162 valence electrons. The molecular weight excluding hydrogens is 410 g/mol. The van der Waals surface area contributed by atoms with E-state index in [1.54, 1.807) is 24.3 Å². The maximum Gasteiger partial charge on any atom is 0.414 e. The molecule has 30 heavy (non-hydrogen) atoms. The van der Waals surface area contributed by atoms with Crippen molar-refractivity contribution in [1.29, 1.82) is 0 Å². The quantitative estimate of drug-likeness (QED) is 0.652. The largest absolute Gasteiger partial charge is 0.480 e. The van der Waals surface area contributed by atoms with Crippen LogP contribution in [-0.4, -0.2) is 61.0 Å². The Labute approximate surface area is 175 Å². The van der Waals surface area contributed by atoms with Gasteiger partial charge < -0.3 is 14.9 Å². The van der Waals surface area contributed by atoms with Crippen molar-refractivity contribution in [1.82, 2.24) is 0 Å². The summed E-state index contributed by atoms with van der Waals surface area (Å²) >= 11 is 0. The molecule has 1 aliphatic carbocycles. The standard InChI is InChI=1S/C21H25NO7S/c1-21(19(24)25,30(2,27)28)11-18-12-22(20(26)29-18)17-7-5-14(6-8-17)3-4-15-9-16(10-15)13-23/h5-8,15-16,18,23H,9-13H2,1-2H3,(H,24,25). The number of aliphatic hydroxyl groups is 1. The predicted octanol–water partition coefficient (Wildman–Crippen LogP) is 1.66. The Morgan fingerprint density at radius 1 is 1.30 bits per heavy atom. The van der Waals surface area contributed by atoms with Gasteiger partial charge in [0.05, 0.1) is 6.54 Å². The number of carbonyl (C=O) groups excluding carboxylic acids is 1. The van der Waals surface area contributed by atoms with E-state index in [-0.39, 0.29) is 19.6 Å². The van der Waals surface area contributed by atoms with Crippen LogP contribution in [0.4, 0.5) is 10.5 Å². The minimum atomic E-state index is -3.91. The first-order valence-electron chi connectivity index (χ1n) is 9.67. The molecule has 1 saturated heterocycles. The number of hydrogen-bond acceptors (Lipinski definition) is 6. The lowest BCUT2D eigenvalue weighted by atomic mass is 9.76. The highest BCUT2D eigenvalue weighted by Crippen LogP contribution is 2.33. The fraction of sp³-hybridized carbons (Fsp3) is 0.524. The van der Waals surface area contributed by atoms with Crippen molar-refractivity contribution in [2.24, 2.45) is 11.8 Å². The van der Waals surface area contributed by atoms with Gasteiger partial charge >= 0.3 is 12.1 Å². The molecule has 8 nitrogen and oxygen atoms in total. The van der Waals surface area contributed by atoms with Crippen molar-refractivity contribution in [2.45, 2.75) is 37.0 Å². The Morgan fingerprint density at radius 2 is 1.93 bits per heavy atom. The maximum atomic E-state index is 12.3. The SMILES string of the molecule is CC(CC1CN(c2ccc(C#CC3CC(CO)C3)cc2)C(=O)O1)(C(=O)O)S(C)(=O)=O. The normalized spacial score (nSPS) is 25.5. The Balaban J connectivity index is 1.65. The molecule has 9 heteroatoms. The van der Waals surface area contributed by atoms with Gasteiger partial charge in [-0.05, 0) is 49.9 Å². The number of nitrogens with zero attached hydrogens (tertiary/aromatic N) is 1. The zero-order valence-corrected chi connectivity index (χ0v) is 17.7. The van der Waals surface area contributed by atoms with Crippen LogP contribution in [0.1, 0.15) is 31.7 Å². The fourth-order valence-electron chi connectivity index (χ4n) is 3.58. The highest BCUT2D eigenvalue weighted by atomic mass is 32.2. The zero-order chi connectivity index (χ0) is 22.1. The number of rotatable bonds is 6. The molecule has 2 fully saturated rings. The number of anilines is 1. The number of cyclic esters (lactones) is 1. The summed E-state index contributed by atoms with van der Waals surface area (Å²) < 4.78 is 27.1. The summed E-state index contributed by atoms with van der Waals surface area (Å²) in [5, 5.41) is 18.4. The van der Waals surface area contributed by atoms with E-state index in [1.165, 1.54) is 4.90 Å². The molecular formula is C21H25NO7S. The number of benzene rings is 1. The van der Waals surface area contributed by atoms with Crippen LogP contribution in [0.25, 0.3) is 0 Å². The highest BCUT2D eigenvalue weighted by Gasteiger charge is 2.48. The molecule has 1 aromatic rings. The molecule has 2 aliphatic rings. The molecule has 1 aliphatic heterocycles. The second-order valence-electron chi connectivity index (χ2n) is 8.16. The number of hydrogen-bond donors (Lipinski definition) is 2. The summed E-state index contributed by atoms with van der Waals surface area (Å²) in [6.07, 6.45) is 0.846. The van der Waals surface area contributed by atoms with Crippen molar-refractivity contribution < 1.29 is 33.0 Å². The molecule has 1 amide bonds. The summed E-state index contributed by atoms with van der Waals surface area (Å²) in [4.78, 5) is 25.1. The minimum Gasteiger partial charge on any atom is -0.480 e. The first-order chi connectivity index (χ1) is 14.0. The Hall–Kier alpha value is -2.57. The van der Waals surface area contributed by atoms with Crippen LogP contribution in [0.15, 0.2) is 24.3 Å². The number of carboxylic acid groups (broad SMARTS) is 1. The molecule has 1 aromatic carbocycles. The number of amides is 1. The van der Waals surface area contributed by atoms with Gasteiger partial charge in [0.25, 0.3) is 0 Å². The van der Waals surface area contributed by atoms with E-state index in [2.05, 4.69) is 11.8 Å². The third kappa shape index (κ3) is 4.45. The van der Waals surface area contributed by atoms with Crippen molar-refractivity contribution >= 4 is 27.6 Å². The van der Waals surface area contributed by atoms with E-state index in [0.717, 1.165) is 31.6 Å². The second kappa shape index (κ2) is 8.28. The third-order valence-electron chi connectivity index (χ3n) is 5.86. The number of ether oxygens (including phenoxy) is 1. The van der Waals surface area contributed by atoms with Crippen molar-refractivity contribution in [3.8, 4) is 11.8 Å². The average molecular weight is 435 g/mol. The fourth-order valence-corrected chi connectivity index (χ4v) is 4.39. The molecule has 1 saturated carbocycles. The highest BCUT2D eigenvalue weighted by molar-refractivity contribution is 7.92. The Kier molecular flexibility index (Phi) is 6.11. The monoisotopic (exact) mass is 435 g/mol. The van der Waals surface area contributed by atoms with Crippen molar-refractivity contribution in [3.05, 3.63) is 29.8 Å². The van der Waals surface area contributed by atoms with E-state index in [0.29, 0.717) is 17.5 Å². The molecule has 1 heterocycles. The molecule has 2 N–H and O–H groups in total. The predicted molar refractivity (Wildman–Crippen MR) is 110 cm³/mol. The maximum absolute atomic E-state index is 12.3. The number of aliphatic carboxylic acids is 1. The van der Waals surface area contributed by atoms with Gasteiger partial charge in [-0.1, -0.05) is 11.8 Å². The van der Waals surface area contributed by atoms with Crippen LogP contribution in [0.5, 0.6) is 0 Å². The number of aliphatic hydroxyl groups excluding tert-OH is 1. The summed E-state index contributed by atoms with van der Waals surface area (Å²) in [6, 6.07) is 7.00. The molecule has 2 unspecified atom stereocenters. The molecule has 0 aromatic heterocycles. The minimum absolute atomic E-state index is 0.0624. The first kappa shape index (κ1) is 22.1. The number of carboxylic acids is 1. The van der Waals surface area contributed by atoms with Gasteiger partial charge in [-0.25, -0.2) is 13.2 Å². The molecule has 2 atom stereocenters. The first-order valence-corrected chi connectivity index (χ1v) is 11.6. The van der Waals surface area contributed by atoms with E-state index in [9.17, 15) is 23.1 Å². The van der Waals surface area contributed by atoms with Crippen LogP contribution >= 0.6 is 0 Å². The molecule has 0 radical (unpaired) electrons. The van der Waals surface area contributed by atoms with E-state index in [4.69, 9.17) is 9.84 Å². The van der Waals surface area contributed by atoms with Gasteiger partial charge in [-0.3, -0.25) is 9.69 Å². The van der Waals surface area contributed by atoms with Gasteiger partial charge in [-0.2, -0.15) is 0 Å². The van der Waals surface area contributed by atoms with Crippen LogP contribution < -0.4 is 4.90 Å². The van der Waals surface area contributed by atoms with E-state index >= 15 is 0 Å². The van der Waals surface area contributed by atoms with E-state index in [1.807, 2.05) is 0 Å². The van der Waals surface area contributed by atoms with Crippen molar-refractivity contribution in [2.75, 3.05) is 24.3 Å². The topological polar surface area (TPSA) is 121 Å². The van der Waals surface area contributed by atoms with Crippen LogP contribution in [0.3, 0.4) is 0 Å². The lowest BCUT2D eigenvalue weighted by molar-refractivity contribution is -0.140. The van der Waals surface area contributed by atoms with Crippen LogP contribution in [-0.2, 0) is 19.4 Å². The van der Waals surface area contributed by atoms with Crippen LogP contribution in [0.2, 0.25) is 0 Å². The lowest BCUT2D eigenvalue weighted by Crippen LogP contribution is -2.46. The van der Waals surface area contributed by atoms with Crippen LogP contribution in [0, 0.1) is 23.7 Å². The molecule has 0 spiro atoms. The summed E-state index contributed by atoms with van der Waals surface area (Å²) in [6.45, 7) is 1.39. The lowest BCUT2D eigenvalue weighted by Gasteiger charge is -2.29. The summed E-state index contributed by atoms with van der Waals surface area (Å²) in [7, 11) is -3.91. The van der Waals surface area contributed by atoms with Gasteiger partial charge in [-0.15, -0.1) is 0 Å². The average Bonchev–Trinajstić information content (AvgIpc) is 3.00. The summed E-state index contributed by atoms with van der Waals surface area (Å²) in [5.74, 6) is 5.45. The Morgan fingerprint density at radius 3 is 2.47 bits per heavy atom. The molecule has 0 bridgehead atoms. The van der Waals surface area contributed by atoms with Gasteiger partial charge in [0.2, 0.25) is 0 Å². The van der Waals surface area contributed by atoms with Gasteiger partial charge in [0, 0.05) is 36.5 Å². The summed E-state index contributed by atoms with van der Waals surface area (Å²) in [5.41, 5.74) is 1.36. The van der Waals surface area contributed by atoms with Gasteiger partial charge in [0.15, 0.2) is 14.6 Å².